The van der Waals surface area contributed by atoms with Crippen molar-refractivity contribution in [1.82, 2.24) is 10.6 Å². The SMILES string of the molecule is C=CC[C@@H](CC(=O)N[C@H](CO)Cc1ccccc1)C(=O)N[C@H](COC(=O)[C@@H](CC=C)Cc1ccc(F)cc1)C(C)(C)C. The van der Waals surface area contributed by atoms with Crippen LogP contribution in [0.15, 0.2) is 79.9 Å². The molecule has 2 amide bonds. The molecule has 0 spiro atoms. The minimum Gasteiger partial charge on any atom is -0.463 e. The molecule has 0 saturated carbocycles. The van der Waals surface area contributed by atoms with Crippen LogP contribution < -0.4 is 10.6 Å². The topological polar surface area (TPSA) is 105 Å². The van der Waals surface area contributed by atoms with E-state index >= 15 is 0 Å². The van der Waals surface area contributed by atoms with E-state index in [1.807, 2.05) is 51.1 Å². The highest BCUT2D eigenvalue weighted by atomic mass is 19.1. The van der Waals surface area contributed by atoms with Crippen molar-refractivity contribution in [1.29, 1.82) is 0 Å². The molecule has 0 saturated heterocycles. The molecule has 0 heterocycles. The third-order valence-electron chi connectivity index (χ3n) is 7.10. The molecule has 0 aliphatic carbocycles. The zero-order valence-electron chi connectivity index (χ0n) is 25.0. The van der Waals surface area contributed by atoms with E-state index in [1.165, 1.54) is 12.1 Å². The number of halogens is 1. The van der Waals surface area contributed by atoms with Crippen LogP contribution in [0.4, 0.5) is 4.39 Å². The summed E-state index contributed by atoms with van der Waals surface area (Å²) in [7, 11) is 0. The summed E-state index contributed by atoms with van der Waals surface area (Å²) in [6.07, 6.45) is 4.64. The molecule has 0 aromatic heterocycles. The molecule has 4 atom stereocenters. The first-order valence-electron chi connectivity index (χ1n) is 14.3. The number of aliphatic hydroxyl groups excluding tert-OH is 1. The lowest BCUT2D eigenvalue weighted by Gasteiger charge is -2.32. The third kappa shape index (κ3) is 12.0. The fourth-order valence-corrected chi connectivity index (χ4v) is 4.50. The van der Waals surface area contributed by atoms with Crippen molar-refractivity contribution in [3.05, 3.63) is 96.9 Å². The zero-order chi connectivity index (χ0) is 31.1. The lowest BCUT2D eigenvalue weighted by Crippen LogP contribution is -2.50. The second kappa shape index (κ2) is 17.2. The quantitative estimate of drug-likeness (QED) is 0.182. The van der Waals surface area contributed by atoms with Crippen LogP contribution >= 0.6 is 0 Å². The Kier molecular flexibility index (Phi) is 14.1. The highest BCUT2D eigenvalue weighted by Crippen LogP contribution is 2.23. The molecule has 0 aliphatic heterocycles. The van der Waals surface area contributed by atoms with Gasteiger partial charge in [0.15, 0.2) is 0 Å². The fourth-order valence-electron chi connectivity index (χ4n) is 4.50. The van der Waals surface area contributed by atoms with Crippen molar-refractivity contribution < 1.29 is 28.6 Å². The van der Waals surface area contributed by atoms with Crippen LogP contribution in [0.5, 0.6) is 0 Å². The summed E-state index contributed by atoms with van der Waals surface area (Å²) >= 11 is 0. The molecule has 7 nitrogen and oxygen atoms in total. The van der Waals surface area contributed by atoms with Gasteiger partial charge in [-0.15, -0.1) is 13.2 Å². The van der Waals surface area contributed by atoms with Crippen LogP contribution in [-0.4, -0.2) is 48.2 Å². The number of carbonyl (C=O) groups is 3. The van der Waals surface area contributed by atoms with E-state index in [0.29, 0.717) is 19.3 Å². The van der Waals surface area contributed by atoms with E-state index in [0.717, 1.165) is 11.1 Å². The van der Waals surface area contributed by atoms with Crippen LogP contribution in [0.2, 0.25) is 0 Å². The summed E-state index contributed by atoms with van der Waals surface area (Å²) in [5.41, 5.74) is 1.32. The van der Waals surface area contributed by atoms with Gasteiger partial charge in [-0.1, -0.05) is 75.4 Å². The first-order chi connectivity index (χ1) is 20.0. The summed E-state index contributed by atoms with van der Waals surface area (Å²) in [5, 5.41) is 15.6. The Morgan fingerprint density at radius 2 is 1.50 bits per heavy atom. The van der Waals surface area contributed by atoms with E-state index < -0.39 is 35.3 Å². The Morgan fingerprint density at radius 3 is 2.07 bits per heavy atom. The number of aliphatic hydroxyl groups is 1. The van der Waals surface area contributed by atoms with Crippen LogP contribution in [0.3, 0.4) is 0 Å². The molecule has 0 radical (unpaired) electrons. The van der Waals surface area contributed by atoms with Gasteiger partial charge < -0.3 is 20.5 Å². The molecule has 8 heteroatoms. The number of rotatable bonds is 17. The van der Waals surface area contributed by atoms with Crippen LogP contribution in [-0.2, 0) is 32.0 Å². The first kappa shape index (κ1) is 34.4. The number of amides is 2. The Labute approximate surface area is 249 Å². The predicted octanol–water partition coefficient (Wildman–Crippen LogP) is 4.94. The van der Waals surface area contributed by atoms with E-state index in [9.17, 15) is 23.9 Å². The molecule has 3 N–H and O–H groups in total. The summed E-state index contributed by atoms with van der Waals surface area (Å²) < 4.78 is 19.0. The number of hydrogen-bond acceptors (Lipinski definition) is 5. The van der Waals surface area contributed by atoms with Gasteiger partial charge in [-0.25, -0.2) is 4.39 Å². The van der Waals surface area contributed by atoms with E-state index in [4.69, 9.17) is 4.74 Å². The van der Waals surface area contributed by atoms with Gasteiger partial charge in [-0.3, -0.25) is 14.4 Å². The number of allylic oxidation sites excluding steroid dienone is 2. The average Bonchev–Trinajstić information content (AvgIpc) is 2.95. The van der Waals surface area contributed by atoms with Crippen molar-refractivity contribution in [2.24, 2.45) is 17.3 Å². The minimum atomic E-state index is -0.689. The average molecular weight is 581 g/mol. The standard InChI is InChI=1S/C34H45FN2O5/c1-6-11-26(21-31(39)36-29(22-38)20-24-13-9-8-10-14-24)32(40)37-30(34(3,4)5)23-42-33(41)27(12-7-2)19-25-15-17-28(35)18-16-25/h6-10,13-18,26-27,29-30,38H,1-2,11-12,19-23H2,3-5H3,(H,36,39)(H,37,40)/t26-,27-,29-,30+/m0/s1. The van der Waals surface area contributed by atoms with Crippen molar-refractivity contribution in [2.45, 2.75) is 65.0 Å². The normalized spacial score (nSPS) is 14.1. The Morgan fingerprint density at radius 1 is 0.905 bits per heavy atom. The van der Waals surface area contributed by atoms with Gasteiger partial charge in [0.05, 0.1) is 30.5 Å². The van der Waals surface area contributed by atoms with Gasteiger partial charge in [-0.05, 0) is 54.4 Å². The van der Waals surface area contributed by atoms with E-state index in [1.54, 1.807) is 24.3 Å². The number of benzene rings is 2. The molecular formula is C34H45FN2O5. The summed E-state index contributed by atoms with van der Waals surface area (Å²) in [6.45, 7) is 13.0. The van der Waals surface area contributed by atoms with Crippen LogP contribution in [0, 0.1) is 23.1 Å². The zero-order valence-corrected chi connectivity index (χ0v) is 25.0. The predicted molar refractivity (Wildman–Crippen MR) is 163 cm³/mol. The smallest absolute Gasteiger partial charge is 0.309 e. The van der Waals surface area contributed by atoms with Gasteiger partial charge >= 0.3 is 5.97 Å². The van der Waals surface area contributed by atoms with Crippen LogP contribution in [0.25, 0.3) is 0 Å². The summed E-state index contributed by atoms with van der Waals surface area (Å²) in [4.78, 5) is 39.2. The number of carbonyl (C=O) groups excluding carboxylic acids is 3. The Bertz CT molecular complexity index is 1160. The molecule has 0 aliphatic rings. The highest BCUT2D eigenvalue weighted by Gasteiger charge is 2.32. The number of esters is 1. The maximum absolute atomic E-state index is 13.3. The second-order valence-corrected chi connectivity index (χ2v) is 11.7. The third-order valence-corrected chi connectivity index (χ3v) is 7.10. The molecule has 2 aromatic carbocycles. The molecule has 2 aromatic rings. The van der Waals surface area contributed by atoms with Crippen LogP contribution in [0.1, 0.15) is 51.2 Å². The van der Waals surface area contributed by atoms with Gasteiger partial charge in [0.2, 0.25) is 11.8 Å². The molecule has 228 valence electrons. The lowest BCUT2D eigenvalue weighted by atomic mass is 9.86. The molecular weight excluding hydrogens is 535 g/mol. The largest absolute Gasteiger partial charge is 0.463 e. The highest BCUT2D eigenvalue weighted by molar-refractivity contribution is 5.86. The summed E-state index contributed by atoms with van der Waals surface area (Å²) in [6, 6.07) is 14.5. The summed E-state index contributed by atoms with van der Waals surface area (Å²) in [5.74, 6) is -2.67. The molecule has 42 heavy (non-hydrogen) atoms. The molecule has 2 rings (SSSR count). The van der Waals surface area contributed by atoms with Crippen molar-refractivity contribution in [3.63, 3.8) is 0 Å². The Hall–Kier alpha value is -3.78. The minimum absolute atomic E-state index is 0.0538. The number of ether oxygens (including phenoxy) is 1. The van der Waals surface area contributed by atoms with Crippen molar-refractivity contribution >= 4 is 17.8 Å². The van der Waals surface area contributed by atoms with Gasteiger partial charge in [0.1, 0.15) is 12.4 Å². The van der Waals surface area contributed by atoms with Gasteiger partial charge in [-0.2, -0.15) is 0 Å². The van der Waals surface area contributed by atoms with Crippen molar-refractivity contribution in [2.75, 3.05) is 13.2 Å². The monoisotopic (exact) mass is 580 g/mol. The molecule has 0 unspecified atom stereocenters. The van der Waals surface area contributed by atoms with Gasteiger partial charge in [0.25, 0.3) is 0 Å². The molecule has 0 bridgehead atoms. The number of hydrogen-bond donors (Lipinski definition) is 3. The van der Waals surface area contributed by atoms with E-state index in [-0.39, 0.29) is 43.7 Å². The lowest BCUT2D eigenvalue weighted by molar-refractivity contribution is -0.150. The first-order valence-corrected chi connectivity index (χ1v) is 14.3. The Balaban J connectivity index is 2.02. The maximum atomic E-state index is 13.3. The van der Waals surface area contributed by atoms with Crippen molar-refractivity contribution in [3.8, 4) is 0 Å². The van der Waals surface area contributed by atoms with E-state index in [2.05, 4.69) is 23.8 Å². The van der Waals surface area contributed by atoms with Gasteiger partial charge in [0, 0.05) is 6.42 Å². The molecule has 0 fully saturated rings. The second-order valence-electron chi connectivity index (χ2n) is 11.7. The number of nitrogens with one attached hydrogen (secondary N) is 2. The fraction of sp³-hybridized carbons (Fsp3) is 0.441. The maximum Gasteiger partial charge on any atom is 0.309 e.